The molecule has 0 aromatic carbocycles. The van der Waals surface area contributed by atoms with Crippen molar-refractivity contribution in [3.8, 4) is 0 Å². The molecule has 4 heteroatoms. The van der Waals surface area contributed by atoms with E-state index >= 15 is 0 Å². The Balaban J connectivity index is 2.37. The van der Waals surface area contributed by atoms with Crippen molar-refractivity contribution in [2.45, 2.75) is 45.6 Å². The zero-order valence-corrected chi connectivity index (χ0v) is 9.93. The summed E-state index contributed by atoms with van der Waals surface area (Å²) in [5.74, 6) is 0. The highest BCUT2D eigenvalue weighted by molar-refractivity contribution is 5.65. The van der Waals surface area contributed by atoms with Crippen LogP contribution in [0, 0.1) is 5.41 Å². The van der Waals surface area contributed by atoms with Gasteiger partial charge in [-0.1, -0.05) is 6.92 Å². The van der Waals surface area contributed by atoms with Gasteiger partial charge < -0.3 is 15.8 Å². The molecule has 0 saturated carbocycles. The molecule has 1 unspecified atom stereocenters. The zero-order chi connectivity index (χ0) is 11.5. The first-order valence-corrected chi connectivity index (χ1v) is 5.52. The third kappa shape index (κ3) is 4.08. The van der Waals surface area contributed by atoms with Gasteiger partial charge in [0.25, 0.3) is 0 Å². The number of primary amides is 1. The fourth-order valence-electron chi connectivity index (χ4n) is 2.01. The largest absolute Gasteiger partial charge is 0.444 e. The smallest absolute Gasteiger partial charge is 0.405 e. The monoisotopic (exact) mass is 214 g/mol. The number of rotatable bonds is 4. The van der Waals surface area contributed by atoms with Crippen molar-refractivity contribution in [1.29, 1.82) is 0 Å². The second kappa shape index (κ2) is 4.39. The number of carbonyl (C=O) groups is 1. The van der Waals surface area contributed by atoms with E-state index in [0.29, 0.717) is 5.41 Å². The molecule has 0 spiro atoms. The van der Waals surface area contributed by atoms with Crippen LogP contribution < -0.4 is 11.1 Å². The highest BCUT2D eigenvalue weighted by atomic mass is 16.6. The first kappa shape index (κ1) is 12.3. The van der Waals surface area contributed by atoms with Gasteiger partial charge in [0.1, 0.15) is 5.60 Å². The number of hydrogen-bond acceptors (Lipinski definition) is 3. The van der Waals surface area contributed by atoms with Gasteiger partial charge in [-0.05, 0) is 45.1 Å². The molecular weight excluding hydrogens is 192 g/mol. The van der Waals surface area contributed by atoms with E-state index in [1.54, 1.807) is 0 Å². The minimum Gasteiger partial charge on any atom is -0.444 e. The average Bonchev–Trinajstić information content (AvgIpc) is 2.48. The fourth-order valence-corrected chi connectivity index (χ4v) is 2.01. The zero-order valence-electron chi connectivity index (χ0n) is 9.93. The van der Waals surface area contributed by atoms with Gasteiger partial charge in [0.05, 0.1) is 0 Å². The second-order valence-corrected chi connectivity index (χ2v) is 5.42. The van der Waals surface area contributed by atoms with E-state index in [0.717, 1.165) is 25.9 Å². The normalized spacial score (nSPS) is 26.6. The van der Waals surface area contributed by atoms with Crippen LogP contribution >= 0.6 is 0 Å². The van der Waals surface area contributed by atoms with Crippen LogP contribution in [0.3, 0.4) is 0 Å². The predicted molar refractivity (Wildman–Crippen MR) is 59.6 cm³/mol. The molecule has 1 heterocycles. The van der Waals surface area contributed by atoms with Crippen molar-refractivity contribution in [3.05, 3.63) is 0 Å². The summed E-state index contributed by atoms with van der Waals surface area (Å²) >= 11 is 0. The molecule has 0 aromatic heterocycles. The molecule has 1 aliphatic heterocycles. The van der Waals surface area contributed by atoms with E-state index in [9.17, 15) is 4.79 Å². The minimum absolute atomic E-state index is 0.346. The standard InChI is InChI=1S/C11H22N2O2/c1-10(2,15-9(12)14)4-5-11(3)6-7-13-8-11/h13H,4-8H2,1-3H3,(H2,12,14). The average molecular weight is 214 g/mol. The summed E-state index contributed by atoms with van der Waals surface area (Å²) in [6.45, 7) is 8.23. The van der Waals surface area contributed by atoms with E-state index in [1.165, 1.54) is 6.42 Å². The Labute approximate surface area is 91.5 Å². The Hall–Kier alpha value is -0.770. The highest BCUT2D eigenvalue weighted by Crippen LogP contribution is 2.33. The molecule has 88 valence electrons. The molecule has 0 aliphatic carbocycles. The molecule has 1 fully saturated rings. The van der Waals surface area contributed by atoms with Crippen LogP contribution in [0.4, 0.5) is 4.79 Å². The quantitative estimate of drug-likeness (QED) is 0.747. The summed E-state index contributed by atoms with van der Waals surface area (Å²) in [4.78, 5) is 10.7. The van der Waals surface area contributed by atoms with Crippen LogP contribution in [-0.4, -0.2) is 24.8 Å². The van der Waals surface area contributed by atoms with Gasteiger partial charge in [0, 0.05) is 6.54 Å². The Morgan fingerprint density at radius 2 is 2.27 bits per heavy atom. The number of nitrogens with two attached hydrogens (primary N) is 1. The summed E-state index contributed by atoms with van der Waals surface area (Å²) < 4.78 is 5.06. The van der Waals surface area contributed by atoms with Crippen LogP contribution in [0.1, 0.15) is 40.0 Å². The third-order valence-corrected chi connectivity index (χ3v) is 3.16. The molecular formula is C11H22N2O2. The fraction of sp³-hybridized carbons (Fsp3) is 0.909. The number of carbonyl (C=O) groups excluding carboxylic acids is 1. The Morgan fingerprint density at radius 1 is 1.60 bits per heavy atom. The highest BCUT2D eigenvalue weighted by Gasteiger charge is 2.32. The lowest BCUT2D eigenvalue weighted by Gasteiger charge is -2.29. The summed E-state index contributed by atoms with van der Waals surface area (Å²) in [5, 5.41) is 3.36. The summed E-state index contributed by atoms with van der Waals surface area (Å²) in [6, 6.07) is 0. The van der Waals surface area contributed by atoms with E-state index in [4.69, 9.17) is 10.5 Å². The van der Waals surface area contributed by atoms with Gasteiger partial charge >= 0.3 is 6.09 Å². The molecule has 0 aromatic rings. The van der Waals surface area contributed by atoms with E-state index in [2.05, 4.69) is 12.2 Å². The van der Waals surface area contributed by atoms with Crippen molar-refractivity contribution in [2.24, 2.45) is 11.1 Å². The van der Waals surface area contributed by atoms with Gasteiger partial charge in [-0.2, -0.15) is 0 Å². The van der Waals surface area contributed by atoms with Crippen molar-refractivity contribution in [2.75, 3.05) is 13.1 Å². The number of ether oxygens (including phenoxy) is 1. The number of amides is 1. The summed E-state index contributed by atoms with van der Waals surface area (Å²) in [6.07, 6.45) is 2.42. The van der Waals surface area contributed by atoms with Crippen molar-refractivity contribution in [3.63, 3.8) is 0 Å². The minimum atomic E-state index is -0.685. The SMILES string of the molecule is CC1(CCC(C)(C)OC(N)=O)CCNC1. The molecule has 1 rings (SSSR count). The predicted octanol–water partition coefficient (Wildman–Crippen LogP) is 1.64. The van der Waals surface area contributed by atoms with Crippen molar-refractivity contribution in [1.82, 2.24) is 5.32 Å². The first-order valence-electron chi connectivity index (χ1n) is 5.52. The van der Waals surface area contributed by atoms with E-state index in [-0.39, 0.29) is 0 Å². The van der Waals surface area contributed by atoms with Crippen LogP contribution in [-0.2, 0) is 4.74 Å². The molecule has 0 radical (unpaired) electrons. The maximum absolute atomic E-state index is 10.7. The Kier molecular flexibility index (Phi) is 3.60. The number of hydrogen-bond donors (Lipinski definition) is 2. The van der Waals surface area contributed by atoms with Crippen LogP contribution in [0.5, 0.6) is 0 Å². The molecule has 15 heavy (non-hydrogen) atoms. The lowest BCUT2D eigenvalue weighted by molar-refractivity contribution is 0.0297. The molecule has 1 aliphatic rings. The van der Waals surface area contributed by atoms with E-state index < -0.39 is 11.7 Å². The summed E-state index contributed by atoms with van der Waals surface area (Å²) in [7, 11) is 0. The van der Waals surface area contributed by atoms with Gasteiger partial charge in [-0.25, -0.2) is 4.79 Å². The third-order valence-electron chi connectivity index (χ3n) is 3.16. The maximum Gasteiger partial charge on any atom is 0.405 e. The van der Waals surface area contributed by atoms with Gasteiger partial charge in [0.2, 0.25) is 0 Å². The van der Waals surface area contributed by atoms with E-state index in [1.807, 2.05) is 13.8 Å². The lowest BCUT2D eigenvalue weighted by atomic mass is 9.81. The molecule has 3 N–H and O–H groups in total. The van der Waals surface area contributed by atoms with Gasteiger partial charge in [-0.3, -0.25) is 0 Å². The topological polar surface area (TPSA) is 64.3 Å². The Morgan fingerprint density at radius 3 is 2.73 bits per heavy atom. The van der Waals surface area contributed by atoms with Crippen LogP contribution in [0.2, 0.25) is 0 Å². The maximum atomic E-state index is 10.7. The molecule has 1 atom stereocenters. The molecule has 1 amide bonds. The molecule has 0 bridgehead atoms. The van der Waals surface area contributed by atoms with Gasteiger partial charge in [0.15, 0.2) is 0 Å². The number of nitrogens with one attached hydrogen (secondary N) is 1. The van der Waals surface area contributed by atoms with Crippen LogP contribution in [0.25, 0.3) is 0 Å². The first-order chi connectivity index (χ1) is 6.83. The van der Waals surface area contributed by atoms with Crippen molar-refractivity contribution >= 4 is 6.09 Å². The summed E-state index contributed by atoms with van der Waals surface area (Å²) in [5.41, 5.74) is 4.92. The van der Waals surface area contributed by atoms with Crippen molar-refractivity contribution < 1.29 is 9.53 Å². The van der Waals surface area contributed by atoms with Gasteiger partial charge in [-0.15, -0.1) is 0 Å². The van der Waals surface area contributed by atoms with Crippen LogP contribution in [0.15, 0.2) is 0 Å². The molecule has 4 nitrogen and oxygen atoms in total. The lowest BCUT2D eigenvalue weighted by Crippen LogP contribution is -2.33. The Bertz CT molecular complexity index is 233. The molecule has 1 saturated heterocycles. The second-order valence-electron chi connectivity index (χ2n) is 5.42.